The molecule has 7 heteroatoms. The average molecular weight is 360 g/mol. The average Bonchev–Trinajstić information content (AvgIpc) is 2.57. The van der Waals surface area contributed by atoms with Gasteiger partial charge < -0.3 is 20.3 Å². The smallest absolute Gasteiger partial charge is 0.323 e. The first-order chi connectivity index (χ1) is 12.1. The summed E-state index contributed by atoms with van der Waals surface area (Å²) in [5.74, 6) is 0.545. The lowest BCUT2D eigenvalue weighted by Crippen LogP contribution is -2.39. The summed E-state index contributed by atoms with van der Waals surface area (Å²) >= 11 is 5.90. The van der Waals surface area contributed by atoms with Crippen molar-refractivity contribution in [3.05, 3.63) is 47.5 Å². The second-order valence-corrected chi connectivity index (χ2v) is 6.04. The second-order valence-electron chi connectivity index (χ2n) is 5.61. The van der Waals surface area contributed by atoms with Gasteiger partial charge in [-0.05, 0) is 42.8 Å². The molecule has 0 saturated carbocycles. The van der Waals surface area contributed by atoms with E-state index in [9.17, 15) is 9.59 Å². The van der Waals surface area contributed by atoms with Crippen LogP contribution in [-0.2, 0) is 4.79 Å². The summed E-state index contributed by atoms with van der Waals surface area (Å²) in [5.41, 5.74) is 1.82. The Hall–Kier alpha value is -2.73. The van der Waals surface area contributed by atoms with Gasteiger partial charge in [-0.3, -0.25) is 4.79 Å². The molecule has 0 spiro atoms. The van der Waals surface area contributed by atoms with Crippen molar-refractivity contribution in [3.63, 3.8) is 0 Å². The van der Waals surface area contributed by atoms with Crippen LogP contribution in [0.1, 0.15) is 13.3 Å². The van der Waals surface area contributed by atoms with Crippen molar-refractivity contribution in [1.82, 2.24) is 0 Å². The third-order valence-corrected chi connectivity index (χ3v) is 3.92. The first-order valence-corrected chi connectivity index (χ1v) is 8.35. The highest BCUT2D eigenvalue weighted by molar-refractivity contribution is 6.30. The van der Waals surface area contributed by atoms with Crippen molar-refractivity contribution in [2.75, 3.05) is 28.7 Å². The van der Waals surface area contributed by atoms with Crippen LogP contribution >= 0.6 is 11.6 Å². The standard InChI is InChI=1S/C18H18ClN3O3/c1-2-8-22-15-10-14(6-7-16(15)25-11-17(22)23)21-18(24)20-13-5-3-4-12(19)9-13/h3-7,9-10H,2,8,11H2,1H3,(H2,20,21,24). The van der Waals surface area contributed by atoms with E-state index in [-0.39, 0.29) is 12.5 Å². The van der Waals surface area contributed by atoms with Crippen LogP contribution in [-0.4, -0.2) is 25.1 Å². The molecule has 6 nitrogen and oxygen atoms in total. The highest BCUT2D eigenvalue weighted by atomic mass is 35.5. The Morgan fingerprint density at radius 2 is 1.96 bits per heavy atom. The summed E-state index contributed by atoms with van der Waals surface area (Å²) in [5, 5.41) is 6.00. The molecule has 1 aliphatic heterocycles. The Bertz CT molecular complexity index is 810. The van der Waals surface area contributed by atoms with Crippen molar-refractivity contribution in [3.8, 4) is 5.75 Å². The number of amides is 3. The normalized spacial score (nSPS) is 13.0. The molecule has 1 heterocycles. The number of nitrogens with zero attached hydrogens (tertiary/aromatic N) is 1. The molecule has 3 amide bonds. The van der Waals surface area contributed by atoms with Gasteiger partial charge in [-0.1, -0.05) is 24.6 Å². The number of anilines is 3. The molecular formula is C18H18ClN3O3. The summed E-state index contributed by atoms with van der Waals surface area (Å²) in [7, 11) is 0. The molecule has 0 bridgehead atoms. The van der Waals surface area contributed by atoms with Crippen molar-refractivity contribution in [1.29, 1.82) is 0 Å². The fraction of sp³-hybridized carbons (Fsp3) is 0.222. The molecule has 130 valence electrons. The Balaban J connectivity index is 1.75. The van der Waals surface area contributed by atoms with Gasteiger partial charge in [0.25, 0.3) is 5.91 Å². The summed E-state index contributed by atoms with van der Waals surface area (Å²) in [6.45, 7) is 2.64. The SMILES string of the molecule is CCCN1C(=O)COc2ccc(NC(=O)Nc3cccc(Cl)c3)cc21. The van der Waals surface area contributed by atoms with Gasteiger partial charge in [0.15, 0.2) is 6.61 Å². The van der Waals surface area contributed by atoms with Crippen molar-refractivity contribution in [2.24, 2.45) is 0 Å². The number of hydrogen-bond donors (Lipinski definition) is 2. The lowest BCUT2D eigenvalue weighted by atomic mass is 10.2. The number of nitrogens with one attached hydrogen (secondary N) is 2. The van der Waals surface area contributed by atoms with E-state index in [1.807, 2.05) is 6.92 Å². The highest BCUT2D eigenvalue weighted by Gasteiger charge is 2.25. The number of benzene rings is 2. The maximum Gasteiger partial charge on any atom is 0.323 e. The molecule has 1 aliphatic rings. The first-order valence-electron chi connectivity index (χ1n) is 7.97. The van der Waals surface area contributed by atoms with Crippen LogP contribution in [0.25, 0.3) is 0 Å². The van der Waals surface area contributed by atoms with Crippen molar-refractivity contribution in [2.45, 2.75) is 13.3 Å². The fourth-order valence-electron chi connectivity index (χ4n) is 2.61. The molecule has 0 aromatic heterocycles. The first kappa shape index (κ1) is 17.1. The number of ether oxygens (including phenoxy) is 1. The molecule has 0 fully saturated rings. The number of carbonyl (C=O) groups is 2. The highest BCUT2D eigenvalue weighted by Crippen LogP contribution is 2.34. The summed E-state index contributed by atoms with van der Waals surface area (Å²) in [6.07, 6.45) is 0.831. The van der Waals surface area contributed by atoms with Gasteiger partial charge in [0.2, 0.25) is 0 Å². The van der Waals surface area contributed by atoms with Gasteiger partial charge >= 0.3 is 6.03 Å². The van der Waals surface area contributed by atoms with Gasteiger partial charge in [-0.15, -0.1) is 0 Å². The summed E-state index contributed by atoms with van der Waals surface area (Å²) in [4.78, 5) is 25.9. The minimum atomic E-state index is -0.396. The predicted octanol–water partition coefficient (Wildman–Crippen LogP) is 4.12. The van der Waals surface area contributed by atoms with Gasteiger partial charge in [-0.25, -0.2) is 4.79 Å². The Kier molecular flexibility index (Phi) is 5.09. The zero-order chi connectivity index (χ0) is 17.8. The van der Waals surface area contributed by atoms with Crippen LogP contribution in [0, 0.1) is 0 Å². The van der Waals surface area contributed by atoms with Crippen molar-refractivity contribution < 1.29 is 14.3 Å². The number of hydrogen-bond acceptors (Lipinski definition) is 3. The lowest BCUT2D eigenvalue weighted by molar-refractivity contribution is -0.121. The molecule has 25 heavy (non-hydrogen) atoms. The number of carbonyl (C=O) groups excluding carboxylic acids is 2. The van der Waals surface area contributed by atoms with Gasteiger partial charge in [0.05, 0.1) is 5.69 Å². The van der Waals surface area contributed by atoms with E-state index in [1.54, 1.807) is 47.4 Å². The number of halogens is 1. The van der Waals surface area contributed by atoms with Crippen LogP contribution in [0.4, 0.5) is 21.9 Å². The van der Waals surface area contributed by atoms with Crippen LogP contribution in [0.5, 0.6) is 5.75 Å². The summed E-state index contributed by atoms with van der Waals surface area (Å²) in [6, 6.07) is 11.7. The van der Waals surface area contributed by atoms with Crippen molar-refractivity contribution >= 4 is 40.6 Å². The summed E-state index contributed by atoms with van der Waals surface area (Å²) < 4.78 is 5.45. The topological polar surface area (TPSA) is 70.7 Å². The second kappa shape index (κ2) is 7.44. The predicted molar refractivity (Wildman–Crippen MR) is 98.7 cm³/mol. The molecule has 0 unspecified atom stereocenters. The molecule has 2 aromatic carbocycles. The number of rotatable bonds is 4. The van der Waals surface area contributed by atoms with Gasteiger partial charge in [0.1, 0.15) is 5.75 Å². The van der Waals surface area contributed by atoms with Crippen LogP contribution in [0.15, 0.2) is 42.5 Å². The fourth-order valence-corrected chi connectivity index (χ4v) is 2.80. The largest absolute Gasteiger partial charge is 0.482 e. The lowest BCUT2D eigenvalue weighted by Gasteiger charge is -2.29. The van der Waals surface area contributed by atoms with E-state index < -0.39 is 6.03 Å². The van der Waals surface area contributed by atoms with E-state index in [4.69, 9.17) is 16.3 Å². The Labute approximate surface area is 150 Å². The van der Waals surface area contributed by atoms with Crippen LogP contribution in [0.3, 0.4) is 0 Å². The minimum Gasteiger partial charge on any atom is -0.482 e. The third kappa shape index (κ3) is 4.03. The van der Waals surface area contributed by atoms with E-state index in [1.165, 1.54) is 0 Å². The van der Waals surface area contributed by atoms with E-state index in [0.717, 1.165) is 6.42 Å². The quantitative estimate of drug-likeness (QED) is 0.862. The molecular weight excluding hydrogens is 342 g/mol. The molecule has 0 aliphatic carbocycles. The zero-order valence-electron chi connectivity index (χ0n) is 13.7. The number of fused-ring (bicyclic) bond motifs is 1. The van der Waals surface area contributed by atoms with Gasteiger partial charge in [0, 0.05) is 22.9 Å². The molecule has 0 atom stereocenters. The third-order valence-electron chi connectivity index (χ3n) is 3.69. The molecule has 0 radical (unpaired) electrons. The minimum absolute atomic E-state index is 0.0367. The van der Waals surface area contributed by atoms with Crippen LogP contribution < -0.4 is 20.3 Å². The zero-order valence-corrected chi connectivity index (χ0v) is 14.5. The molecule has 2 aromatic rings. The molecule has 0 saturated heterocycles. The monoisotopic (exact) mass is 359 g/mol. The molecule has 2 N–H and O–H groups in total. The Morgan fingerprint density at radius 3 is 2.68 bits per heavy atom. The Morgan fingerprint density at radius 1 is 1.20 bits per heavy atom. The van der Waals surface area contributed by atoms with E-state index >= 15 is 0 Å². The van der Waals surface area contributed by atoms with Gasteiger partial charge in [-0.2, -0.15) is 0 Å². The maximum absolute atomic E-state index is 12.2. The maximum atomic E-state index is 12.2. The molecule has 3 rings (SSSR count). The van der Waals surface area contributed by atoms with Crippen LogP contribution in [0.2, 0.25) is 5.02 Å². The van der Waals surface area contributed by atoms with E-state index in [2.05, 4.69) is 10.6 Å². The van der Waals surface area contributed by atoms with E-state index in [0.29, 0.717) is 34.4 Å². The number of urea groups is 1.